The summed E-state index contributed by atoms with van der Waals surface area (Å²) >= 11 is 0. The first-order chi connectivity index (χ1) is 13.1. The highest BCUT2D eigenvalue weighted by Gasteiger charge is 2.26. The van der Waals surface area contributed by atoms with Crippen LogP contribution in [0.25, 0.3) is 11.4 Å². The number of nitrogens with zero attached hydrogens (tertiary/aromatic N) is 6. The van der Waals surface area contributed by atoms with Crippen LogP contribution in [0.5, 0.6) is 0 Å². The van der Waals surface area contributed by atoms with Gasteiger partial charge in [-0.2, -0.15) is 10.2 Å². The number of amides is 2. The van der Waals surface area contributed by atoms with Crippen LogP contribution in [-0.2, 0) is 7.05 Å². The zero-order chi connectivity index (χ0) is 18.8. The van der Waals surface area contributed by atoms with E-state index in [9.17, 15) is 4.79 Å². The molecule has 0 unspecified atom stereocenters. The summed E-state index contributed by atoms with van der Waals surface area (Å²) in [5.41, 5.74) is 1.50. The number of aryl methyl sites for hydroxylation is 2. The third-order valence-electron chi connectivity index (χ3n) is 4.80. The molecular formula is C18H22N8O. The number of hydrogen-bond acceptors (Lipinski definition) is 5. The summed E-state index contributed by atoms with van der Waals surface area (Å²) in [7, 11) is 1.81. The number of pyridine rings is 1. The number of nitrogens with one attached hydrogen (secondary N) is 2. The predicted octanol–water partition coefficient (Wildman–Crippen LogP) is 2.32. The molecule has 1 aliphatic rings. The summed E-state index contributed by atoms with van der Waals surface area (Å²) in [4.78, 5) is 23.2. The molecule has 0 atom stereocenters. The van der Waals surface area contributed by atoms with Gasteiger partial charge in [0.05, 0.1) is 5.69 Å². The standard InChI is InChI=1S/C18H22N8O/c1-12-20-17(23-22-12)13-6-9-26(10-7-13)18(27)21-16-11-15(24-25(16)2)14-5-3-4-8-19-14/h3-5,8,11,13H,6-7,9-10H2,1-2H3,(H,21,27)(H,20,22,23). The van der Waals surface area contributed by atoms with Gasteiger partial charge in [-0.1, -0.05) is 6.07 Å². The Bertz CT molecular complexity index is 924. The number of urea groups is 1. The molecular weight excluding hydrogens is 344 g/mol. The summed E-state index contributed by atoms with van der Waals surface area (Å²) in [5.74, 6) is 2.61. The van der Waals surface area contributed by atoms with E-state index < -0.39 is 0 Å². The Labute approximate surface area is 156 Å². The zero-order valence-electron chi connectivity index (χ0n) is 15.4. The number of hydrogen-bond donors (Lipinski definition) is 2. The highest BCUT2D eigenvalue weighted by molar-refractivity contribution is 5.89. The van der Waals surface area contributed by atoms with Gasteiger partial charge in [-0.3, -0.25) is 20.1 Å². The molecule has 140 valence electrons. The third-order valence-corrected chi connectivity index (χ3v) is 4.80. The van der Waals surface area contributed by atoms with Gasteiger partial charge >= 0.3 is 6.03 Å². The molecule has 9 heteroatoms. The van der Waals surface area contributed by atoms with Crippen molar-refractivity contribution in [3.05, 3.63) is 42.1 Å². The second-order valence-corrected chi connectivity index (χ2v) is 6.72. The average Bonchev–Trinajstić information content (AvgIpc) is 3.29. The smallest absolute Gasteiger partial charge is 0.322 e. The van der Waals surface area contributed by atoms with Gasteiger partial charge in [0, 0.05) is 38.3 Å². The van der Waals surface area contributed by atoms with Gasteiger partial charge in [0.15, 0.2) is 5.82 Å². The van der Waals surface area contributed by atoms with E-state index in [1.807, 2.05) is 36.1 Å². The van der Waals surface area contributed by atoms with Crippen molar-refractivity contribution >= 4 is 11.8 Å². The summed E-state index contributed by atoms with van der Waals surface area (Å²) in [6.07, 6.45) is 3.44. The topological polar surface area (TPSA) is 105 Å². The van der Waals surface area contributed by atoms with Gasteiger partial charge in [0.1, 0.15) is 17.3 Å². The lowest BCUT2D eigenvalue weighted by Crippen LogP contribution is -2.41. The van der Waals surface area contributed by atoms with Crippen LogP contribution in [0.4, 0.5) is 10.6 Å². The van der Waals surface area contributed by atoms with Gasteiger partial charge in [-0.15, -0.1) is 0 Å². The van der Waals surface area contributed by atoms with Crippen molar-refractivity contribution in [2.75, 3.05) is 18.4 Å². The number of aromatic amines is 1. The summed E-state index contributed by atoms with van der Waals surface area (Å²) in [5, 5.41) is 14.5. The highest BCUT2D eigenvalue weighted by atomic mass is 16.2. The maximum absolute atomic E-state index is 12.6. The molecule has 3 aromatic heterocycles. The number of carbonyl (C=O) groups is 1. The SMILES string of the molecule is Cc1nc(C2CCN(C(=O)Nc3cc(-c4ccccn4)nn3C)CC2)n[nH]1. The first-order valence-corrected chi connectivity index (χ1v) is 9.00. The Morgan fingerprint density at radius 1 is 1.26 bits per heavy atom. The molecule has 4 rings (SSSR count). The number of anilines is 1. The van der Waals surface area contributed by atoms with Crippen molar-refractivity contribution in [2.24, 2.45) is 7.05 Å². The Balaban J connectivity index is 1.38. The monoisotopic (exact) mass is 366 g/mol. The largest absolute Gasteiger partial charge is 0.324 e. The molecule has 0 bridgehead atoms. The van der Waals surface area contributed by atoms with E-state index >= 15 is 0 Å². The van der Waals surface area contributed by atoms with E-state index in [-0.39, 0.29) is 6.03 Å². The van der Waals surface area contributed by atoms with E-state index in [1.54, 1.807) is 17.9 Å². The lowest BCUT2D eigenvalue weighted by molar-refractivity contribution is 0.193. The molecule has 9 nitrogen and oxygen atoms in total. The minimum Gasteiger partial charge on any atom is -0.324 e. The molecule has 0 aromatic carbocycles. The molecule has 1 aliphatic heterocycles. The van der Waals surface area contributed by atoms with Crippen LogP contribution in [0.15, 0.2) is 30.5 Å². The number of aromatic nitrogens is 6. The average molecular weight is 366 g/mol. The Morgan fingerprint density at radius 2 is 2.07 bits per heavy atom. The Hall–Kier alpha value is -3.23. The lowest BCUT2D eigenvalue weighted by atomic mass is 9.96. The molecule has 0 radical (unpaired) electrons. The molecule has 4 heterocycles. The van der Waals surface area contributed by atoms with Crippen LogP contribution in [0.1, 0.15) is 30.4 Å². The first kappa shape index (κ1) is 17.2. The van der Waals surface area contributed by atoms with E-state index in [1.165, 1.54) is 0 Å². The first-order valence-electron chi connectivity index (χ1n) is 9.00. The fraction of sp³-hybridized carbons (Fsp3) is 0.389. The molecule has 1 fully saturated rings. The van der Waals surface area contributed by atoms with Crippen molar-refractivity contribution in [1.29, 1.82) is 0 Å². The van der Waals surface area contributed by atoms with Crippen molar-refractivity contribution in [2.45, 2.75) is 25.7 Å². The van der Waals surface area contributed by atoms with Crippen molar-refractivity contribution in [3.63, 3.8) is 0 Å². The molecule has 2 amide bonds. The summed E-state index contributed by atoms with van der Waals surface area (Å²) in [6.45, 7) is 3.25. The number of piperidine rings is 1. The normalized spacial score (nSPS) is 15.1. The Morgan fingerprint density at radius 3 is 2.74 bits per heavy atom. The number of carbonyl (C=O) groups excluding carboxylic acids is 1. The van der Waals surface area contributed by atoms with E-state index in [0.717, 1.165) is 35.9 Å². The predicted molar refractivity (Wildman–Crippen MR) is 100 cm³/mol. The van der Waals surface area contributed by atoms with Crippen LogP contribution in [0, 0.1) is 6.92 Å². The highest BCUT2D eigenvalue weighted by Crippen LogP contribution is 2.26. The van der Waals surface area contributed by atoms with Crippen molar-refractivity contribution in [1.82, 2.24) is 34.8 Å². The number of rotatable bonds is 3. The lowest BCUT2D eigenvalue weighted by Gasteiger charge is -2.30. The van der Waals surface area contributed by atoms with Gasteiger partial charge in [-0.25, -0.2) is 9.78 Å². The molecule has 0 spiro atoms. The quantitative estimate of drug-likeness (QED) is 0.740. The maximum atomic E-state index is 12.6. The van der Waals surface area contributed by atoms with Gasteiger partial charge in [0.25, 0.3) is 0 Å². The fourth-order valence-corrected chi connectivity index (χ4v) is 3.30. The molecule has 27 heavy (non-hydrogen) atoms. The fourth-order valence-electron chi connectivity index (χ4n) is 3.30. The number of likely N-dealkylation sites (tertiary alicyclic amines) is 1. The van der Waals surface area contributed by atoms with Gasteiger partial charge in [-0.05, 0) is 31.9 Å². The van der Waals surface area contributed by atoms with Crippen LogP contribution < -0.4 is 5.32 Å². The minimum atomic E-state index is -0.116. The molecule has 3 aromatic rings. The second kappa shape index (κ2) is 7.18. The van der Waals surface area contributed by atoms with E-state index in [2.05, 4.69) is 30.6 Å². The van der Waals surface area contributed by atoms with Crippen LogP contribution in [0.2, 0.25) is 0 Å². The zero-order valence-corrected chi connectivity index (χ0v) is 15.4. The van der Waals surface area contributed by atoms with Crippen LogP contribution >= 0.6 is 0 Å². The Kier molecular flexibility index (Phi) is 4.57. The van der Waals surface area contributed by atoms with E-state index in [4.69, 9.17) is 0 Å². The third kappa shape index (κ3) is 3.67. The van der Waals surface area contributed by atoms with Crippen molar-refractivity contribution in [3.8, 4) is 11.4 Å². The summed E-state index contributed by atoms with van der Waals surface area (Å²) < 4.78 is 1.66. The van der Waals surface area contributed by atoms with Crippen LogP contribution in [0.3, 0.4) is 0 Å². The van der Waals surface area contributed by atoms with Crippen molar-refractivity contribution < 1.29 is 4.79 Å². The maximum Gasteiger partial charge on any atom is 0.322 e. The number of H-pyrrole nitrogens is 1. The molecule has 1 saturated heterocycles. The van der Waals surface area contributed by atoms with Gasteiger partial charge < -0.3 is 4.90 Å². The molecule has 0 saturated carbocycles. The van der Waals surface area contributed by atoms with Gasteiger partial charge in [0.2, 0.25) is 0 Å². The summed E-state index contributed by atoms with van der Waals surface area (Å²) in [6, 6.07) is 7.39. The van der Waals surface area contributed by atoms with E-state index in [0.29, 0.717) is 24.8 Å². The van der Waals surface area contributed by atoms with Crippen LogP contribution in [-0.4, -0.2) is 54.0 Å². The molecule has 0 aliphatic carbocycles. The minimum absolute atomic E-state index is 0.116. The second-order valence-electron chi connectivity index (χ2n) is 6.72. The molecule has 2 N–H and O–H groups in total.